The van der Waals surface area contributed by atoms with Crippen molar-refractivity contribution in [1.29, 1.82) is 0 Å². The van der Waals surface area contributed by atoms with Gasteiger partial charge >= 0.3 is 0 Å². The van der Waals surface area contributed by atoms with Crippen LogP contribution >= 0.6 is 0 Å². The van der Waals surface area contributed by atoms with Crippen LogP contribution in [0.15, 0.2) is 59.5 Å². The summed E-state index contributed by atoms with van der Waals surface area (Å²) in [6, 6.07) is 15.8. The molecule has 1 aliphatic heterocycles. The van der Waals surface area contributed by atoms with Gasteiger partial charge in [0.1, 0.15) is 5.65 Å². The summed E-state index contributed by atoms with van der Waals surface area (Å²) in [5.41, 5.74) is 2.26. The molecule has 30 heavy (non-hydrogen) atoms. The Kier molecular flexibility index (Phi) is 5.95. The zero-order chi connectivity index (χ0) is 21.1. The third-order valence-corrected chi connectivity index (χ3v) is 6.05. The number of carbonyl (C=O) groups excluding carboxylic acids is 1. The molecule has 0 N–H and O–H groups in total. The van der Waals surface area contributed by atoms with Crippen molar-refractivity contribution in [3.05, 3.63) is 70.6 Å². The number of likely N-dealkylation sites (tertiary alicyclic amines) is 1. The number of fused-ring (bicyclic) bond motifs is 1. The molecule has 0 aliphatic carbocycles. The predicted octanol–water partition coefficient (Wildman–Crippen LogP) is 3.22. The van der Waals surface area contributed by atoms with Crippen molar-refractivity contribution in [1.82, 2.24) is 19.4 Å². The van der Waals surface area contributed by atoms with Gasteiger partial charge in [-0.25, -0.2) is 4.98 Å². The lowest BCUT2D eigenvalue weighted by Gasteiger charge is -2.36. The van der Waals surface area contributed by atoms with Crippen LogP contribution in [0.5, 0.6) is 0 Å². The number of aromatic nitrogens is 2. The molecule has 156 valence electrons. The quantitative estimate of drug-likeness (QED) is 0.655. The van der Waals surface area contributed by atoms with Gasteiger partial charge in [0.05, 0.1) is 5.69 Å². The summed E-state index contributed by atoms with van der Waals surface area (Å²) in [6.07, 6.45) is 4.13. The summed E-state index contributed by atoms with van der Waals surface area (Å²) in [5, 5.41) is 0.958. The highest BCUT2D eigenvalue weighted by Crippen LogP contribution is 2.20. The van der Waals surface area contributed by atoms with Crippen molar-refractivity contribution in [3.63, 3.8) is 0 Å². The van der Waals surface area contributed by atoms with Gasteiger partial charge < -0.3 is 4.90 Å². The maximum Gasteiger partial charge on any atom is 0.261 e. The number of carbonyl (C=O) groups is 1. The number of nitrogens with zero attached hydrogens (tertiary/aromatic N) is 4. The number of hydrogen-bond acceptors (Lipinski definition) is 4. The summed E-state index contributed by atoms with van der Waals surface area (Å²) in [5.74, 6) is 0.196. The van der Waals surface area contributed by atoms with Crippen molar-refractivity contribution in [2.45, 2.75) is 38.8 Å². The Morgan fingerprint density at radius 3 is 2.57 bits per heavy atom. The second kappa shape index (κ2) is 8.79. The molecule has 0 bridgehead atoms. The fourth-order valence-corrected chi connectivity index (χ4v) is 4.29. The van der Waals surface area contributed by atoms with E-state index in [1.807, 2.05) is 67.4 Å². The second-order valence-electron chi connectivity index (χ2n) is 7.93. The van der Waals surface area contributed by atoms with E-state index in [-0.39, 0.29) is 17.5 Å². The van der Waals surface area contributed by atoms with E-state index in [4.69, 9.17) is 0 Å². The molecule has 1 saturated heterocycles. The predicted molar refractivity (Wildman–Crippen MR) is 119 cm³/mol. The van der Waals surface area contributed by atoms with Gasteiger partial charge in [0.25, 0.3) is 5.56 Å². The van der Waals surface area contributed by atoms with Crippen LogP contribution in [0.4, 0.5) is 0 Å². The molecule has 3 heterocycles. The molecule has 6 nitrogen and oxygen atoms in total. The van der Waals surface area contributed by atoms with Crippen LogP contribution in [0.2, 0.25) is 0 Å². The number of benzene rings is 1. The first-order chi connectivity index (χ1) is 14.6. The maximum atomic E-state index is 13.4. The van der Waals surface area contributed by atoms with E-state index >= 15 is 0 Å². The fraction of sp³-hybridized carbons (Fsp3) is 0.375. The number of hydrogen-bond donors (Lipinski definition) is 0. The number of para-hydroxylation sites is 1. The molecule has 0 saturated carbocycles. The van der Waals surface area contributed by atoms with Crippen LogP contribution in [-0.4, -0.2) is 51.4 Å². The van der Waals surface area contributed by atoms with Gasteiger partial charge in [0.2, 0.25) is 5.91 Å². The average molecular weight is 405 g/mol. The van der Waals surface area contributed by atoms with Crippen LogP contribution in [0.3, 0.4) is 0 Å². The van der Waals surface area contributed by atoms with Gasteiger partial charge in [-0.2, -0.15) is 0 Å². The SMILES string of the molecule is CCC(=O)N(C)C1CCN(Cc2cc3cccnc3n(-c3ccccc3)c2=O)CC1. The molecule has 1 fully saturated rings. The van der Waals surface area contributed by atoms with Gasteiger partial charge in [0.15, 0.2) is 0 Å². The van der Waals surface area contributed by atoms with Crippen molar-refractivity contribution < 1.29 is 4.79 Å². The third-order valence-electron chi connectivity index (χ3n) is 6.05. The number of piperidine rings is 1. The summed E-state index contributed by atoms with van der Waals surface area (Å²) in [4.78, 5) is 34.1. The molecular formula is C24H28N4O2. The lowest BCUT2D eigenvalue weighted by Crippen LogP contribution is -2.45. The summed E-state index contributed by atoms with van der Waals surface area (Å²) in [7, 11) is 1.90. The topological polar surface area (TPSA) is 58.4 Å². The van der Waals surface area contributed by atoms with E-state index in [2.05, 4.69) is 9.88 Å². The van der Waals surface area contributed by atoms with Crippen molar-refractivity contribution in [2.75, 3.05) is 20.1 Å². The smallest absolute Gasteiger partial charge is 0.261 e. The molecule has 0 radical (unpaired) electrons. The third kappa shape index (κ3) is 4.00. The first kappa shape index (κ1) is 20.3. The minimum absolute atomic E-state index is 0.0206. The van der Waals surface area contributed by atoms with E-state index in [0.29, 0.717) is 18.6 Å². The Hall–Kier alpha value is -2.99. The Balaban J connectivity index is 1.60. The van der Waals surface area contributed by atoms with Crippen LogP contribution in [0.25, 0.3) is 16.7 Å². The highest BCUT2D eigenvalue weighted by molar-refractivity contribution is 5.77. The Morgan fingerprint density at radius 2 is 1.87 bits per heavy atom. The Bertz CT molecular complexity index is 1090. The lowest BCUT2D eigenvalue weighted by molar-refractivity contribution is -0.132. The molecule has 0 atom stereocenters. The van der Waals surface area contributed by atoms with Crippen molar-refractivity contribution >= 4 is 16.9 Å². The first-order valence-electron chi connectivity index (χ1n) is 10.6. The second-order valence-corrected chi connectivity index (χ2v) is 7.93. The van der Waals surface area contributed by atoms with Gasteiger partial charge in [-0.3, -0.25) is 19.1 Å². The fourth-order valence-electron chi connectivity index (χ4n) is 4.29. The number of pyridine rings is 2. The molecule has 1 amide bonds. The Labute approximate surface area is 176 Å². The number of rotatable bonds is 5. The zero-order valence-electron chi connectivity index (χ0n) is 17.6. The van der Waals surface area contributed by atoms with Crippen LogP contribution in [0.1, 0.15) is 31.7 Å². The largest absolute Gasteiger partial charge is 0.343 e. The van der Waals surface area contributed by atoms with Gasteiger partial charge in [-0.1, -0.05) is 25.1 Å². The van der Waals surface area contributed by atoms with E-state index in [1.54, 1.807) is 10.8 Å². The Morgan fingerprint density at radius 1 is 1.13 bits per heavy atom. The standard InChI is InChI=1S/C24H28N4O2/c1-3-22(29)26(2)20-11-14-27(15-12-20)17-19-16-18-8-7-13-25-23(18)28(24(19)30)21-9-5-4-6-10-21/h4-10,13,16,20H,3,11-12,14-15,17H2,1-2H3. The van der Waals surface area contributed by atoms with Crippen molar-refractivity contribution in [3.8, 4) is 5.69 Å². The van der Waals surface area contributed by atoms with Crippen LogP contribution < -0.4 is 5.56 Å². The molecule has 1 aliphatic rings. The molecule has 3 aromatic rings. The molecular weight excluding hydrogens is 376 g/mol. The van der Waals surface area contributed by atoms with E-state index in [0.717, 1.165) is 42.6 Å². The zero-order valence-corrected chi connectivity index (χ0v) is 17.6. The van der Waals surface area contributed by atoms with Crippen LogP contribution in [-0.2, 0) is 11.3 Å². The minimum Gasteiger partial charge on any atom is -0.343 e. The molecule has 4 rings (SSSR count). The molecule has 6 heteroatoms. The van der Waals surface area contributed by atoms with Crippen molar-refractivity contribution in [2.24, 2.45) is 0 Å². The van der Waals surface area contributed by atoms with E-state index < -0.39 is 0 Å². The normalized spacial score (nSPS) is 15.4. The van der Waals surface area contributed by atoms with Crippen LogP contribution in [0, 0.1) is 0 Å². The average Bonchev–Trinajstić information content (AvgIpc) is 2.79. The van der Waals surface area contributed by atoms with Gasteiger partial charge in [-0.15, -0.1) is 0 Å². The minimum atomic E-state index is -0.0206. The molecule has 0 spiro atoms. The monoisotopic (exact) mass is 404 g/mol. The summed E-state index contributed by atoms with van der Waals surface area (Å²) in [6.45, 7) is 4.26. The summed E-state index contributed by atoms with van der Waals surface area (Å²) >= 11 is 0. The maximum absolute atomic E-state index is 13.4. The molecule has 0 unspecified atom stereocenters. The van der Waals surface area contributed by atoms with Gasteiger partial charge in [0, 0.05) is 56.3 Å². The summed E-state index contributed by atoms with van der Waals surface area (Å²) < 4.78 is 1.71. The highest BCUT2D eigenvalue weighted by atomic mass is 16.2. The van der Waals surface area contributed by atoms with E-state index in [9.17, 15) is 9.59 Å². The number of amides is 1. The highest BCUT2D eigenvalue weighted by Gasteiger charge is 2.25. The molecule has 2 aromatic heterocycles. The van der Waals surface area contributed by atoms with Gasteiger partial charge in [-0.05, 0) is 43.2 Å². The first-order valence-corrected chi connectivity index (χ1v) is 10.6. The molecule has 1 aromatic carbocycles. The van der Waals surface area contributed by atoms with E-state index in [1.165, 1.54) is 0 Å². The lowest BCUT2D eigenvalue weighted by atomic mass is 10.0.